The summed E-state index contributed by atoms with van der Waals surface area (Å²) in [5.74, 6) is 4.32. The second-order valence-corrected chi connectivity index (χ2v) is 44.8. The van der Waals surface area contributed by atoms with Crippen molar-refractivity contribution in [3.8, 4) is 45.0 Å². The molecule has 6 aromatic carbocycles. The number of ether oxygens (including phenoxy) is 2. The van der Waals surface area contributed by atoms with Crippen LogP contribution in [0.2, 0.25) is 5.15 Å². The van der Waals surface area contributed by atoms with E-state index < -0.39 is 0 Å². The highest BCUT2D eigenvalue weighted by molar-refractivity contribution is 8.75. The van der Waals surface area contributed by atoms with Gasteiger partial charge in [-0.3, -0.25) is 0 Å². The maximum absolute atomic E-state index is 6.33. The van der Waals surface area contributed by atoms with Crippen LogP contribution in [0.15, 0.2) is 106 Å². The Balaban J connectivity index is 0.000000145. The number of nitrogens with one attached hydrogen (secondary N) is 3. The first-order chi connectivity index (χ1) is 48.8. The lowest BCUT2D eigenvalue weighted by Crippen LogP contribution is -2.43. The van der Waals surface area contributed by atoms with E-state index in [1.165, 1.54) is 69.9 Å². The summed E-state index contributed by atoms with van der Waals surface area (Å²) < 4.78 is 34.9. The first-order valence-corrected chi connectivity index (χ1v) is 48.7. The van der Waals surface area contributed by atoms with Crippen LogP contribution in [-0.4, -0.2) is 112 Å². The van der Waals surface area contributed by atoms with Crippen LogP contribution in [0.25, 0.3) is 98.9 Å². The number of anilines is 2. The molecule has 3 aliphatic rings. The zero-order valence-corrected chi connectivity index (χ0v) is 68.8. The number of methoxy groups -OCH3 is 2. The fourth-order valence-corrected chi connectivity index (χ4v) is 38.2. The maximum Gasteiger partial charge on any atom is 0.495 e. The van der Waals surface area contributed by atoms with Gasteiger partial charge in [0.05, 0.1) is 64.4 Å². The average molecular weight is 1630 g/mol. The first kappa shape index (κ1) is 77.4. The Morgan fingerprint density at radius 3 is 1.46 bits per heavy atom. The minimum Gasteiger partial charge on any atom is -0.496 e. The zero-order valence-electron chi connectivity index (χ0n) is 57.4. The minimum atomic E-state index is -0.315. The van der Waals surface area contributed by atoms with Crippen LogP contribution in [0.5, 0.6) is 11.5 Å². The number of aromatic amines is 2. The third-order valence-electron chi connectivity index (χ3n) is 18.4. The number of piperazine rings is 1. The molecule has 0 spiro atoms. The number of aromatic nitrogens is 8. The molecule has 3 saturated heterocycles. The van der Waals surface area contributed by atoms with Crippen LogP contribution in [0, 0.1) is 41.5 Å². The smallest absolute Gasteiger partial charge is 0.495 e. The van der Waals surface area contributed by atoms with Crippen molar-refractivity contribution in [2.24, 2.45) is 0 Å². The number of hydrogen-bond acceptors (Lipinski definition) is 17. The summed E-state index contributed by atoms with van der Waals surface area (Å²) in [6, 6.07) is 34.4. The van der Waals surface area contributed by atoms with E-state index in [2.05, 4.69) is 158 Å². The third-order valence-corrected chi connectivity index (χ3v) is 40.9. The third kappa shape index (κ3) is 16.8. The lowest BCUT2D eigenvalue weighted by Gasteiger charge is -2.32. The van der Waals surface area contributed by atoms with Crippen molar-refractivity contribution in [3.05, 3.63) is 137 Å². The van der Waals surface area contributed by atoms with Gasteiger partial charge in [-0.05, 0) is 141 Å². The van der Waals surface area contributed by atoms with Crippen molar-refractivity contribution in [2.75, 3.05) is 63.3 Å². The Kier molecular flexibility index (Phi) is 26.3. The van der Waals surface area contributed by atoms with Crippen LogP contribution in [0.3, 0.4) is 0 Å². The fourth-order valence-electron chi connectivity index (χ4n) is 13.1. The van der Waals surface area contributed by atoms with Gasteiger partial charge in [-0.15, -0.1) is 0 Å². The predicted molar refractivity (Wildman–Crippen MR) is 457 cm³/mol. The summed E-state index contributed by atoms with van der Waals surface area (Å²) in [4.78, 5) is 30.4. The van der Waals surface area contributed by atoms with Crippen LogP contribution < -0.4 is 30.1 Å². The van der Waals surface area contributed by atoms with Crippen LogP contribution >= 0.6 is 11.6 Å². The second-order valence-electron chi connectivity index (χ2n) is 25.0. The Morgan fingerprint density at radius 1 is 0.510 bits per heavy atom. The molecule has 0 saturated carbocycles. The largest absolute Gasteiger partial charge is 0.496 e. The molecule has 0 atom stereocenters. The minimum absolute atomic E-state index is 0. The van der Waals surface area contributed by atoms with Crippen molar-refractivity contribution in [1.82, 2.24) is 45.5 Å². The Hall–Kier alpha value is -5.69. The lowest BCUT2D eigenvalue weighted by atomic mass is 9.75. The summed E-state index contributed by atoms with van der Waals surface area (Å²) in [5.41, 5.74) is 13.9. The molecule has 0 bridgehead atoms. The number of fused-ring (bicyclic) bond motifs is 8. The number of aryl methyl sites for hydroxylation is 6. The number of nitrogens with zero attached hydrogens (tertiary/aromatic N) is 8. The predicted octanol–water partition coefficient (Wildman–Crippen LogP) is 15.0. The molecule has 32 heteroatoms. The van der Waals surface area contributed by atoms with Gasteiger partial charge in [-0.1, -0.05) is 90.0 Å². The van der Waals surface area contributed by atoms with Gasteiger partial charge >= 0.3 is 7.12 Å². The number of benzene rings is 6. The summed E-state index contributed by atoms with van der Waals surface area (Å²) in [6.45, 7) is 26.1. The van der Waals surface area contributed by atoms with Crippen molar-refractivity contribution in [1.29, 1.82) is 0 Å². The molecule has 0 unspecified atom stereocenters. The van der Waals surface area contributed by atoms with Crippen molar-refractivity contribution in [2.45, 2.75) is 107 Å². The molecule has 0 aliphatic carbocycles. The number of halogens is 1. The summed E-state index contributed by atoms with van der Waals surface area (Å²) >= 11 is 15.7. The molecule has 3 fully saturated rings. The van der Waals surface area contributed by atoms with Crippen molar-refractivity contribution in [3.63, 3.8) is 0 Å². The van der Waals surface area contributed by atoms with Crippen molar-refractivity contribution < 1.29 is 27.8 Å². The average Bonchev–Trinajstić information content (AvgIpc) is 1.55. The molecule has 15 rings (SSSR count). The number of hydrogen-bond donors (Lipinski definition) is 3. The monoisotopic (exact) mass is 1630 g/mol. The van der Waals surface area contributed by atoms with Crippen LogP contribution in [-0.2, 0) is 129 Å². The highest BCUT2D eigenvalue weighted by atomic mass is 35.5. The highest BCUT2D eigenvalue weighted by Gasteiger charge is 2.52. The first-order valence-electron chi connectivity index (χ1n) is 32.3. The number of H-pyrrole nitrogens is 2. The normalized spacial score (nSPS) is 14.5. The van der Waals surface area contributed by atoms with Gasteiger partial charge in [-0.2, -0.15) is 0 Å². The van der Waals surface area contributed by atoms with E-state index in [1.807, 2.05) is 53.7 Å². The van der Waals surface area contributed by atoms with Gasteiger partial charge < -0.3 is 52.9 Å². The molecule has 536 valence electrons. The van der Waals surface area contributed by atoms with Gasteiger partial charge in [0.2, 0.25) is 0 Å². The number of piperidine rings is 1. The van der Waals surface area contributed by atoms with E-state index in [4.69, 9.17) is 71.8 Å². The summed E-state index contributed by atoms with van der Waals surface area (Å²) in [6.07, 6.45) is 3.92. The molecule has 3 aliphatic heterocycles. The zero-order chi connectivity index (χ0) is 71.1. The van der Waals surface area contributed by atoms with E-state index in [1.54, 1.807) is 94.1 Å². The molecule has 6 aromatic heterocycles. The van der Waals surface area contributed by atoms with E-state index in [-0.39, 0.29) is 25.7 Å². The van der Waals surface area contributed by atoms with Gasteiger partial charge in [0, 0.05) is 220 Å². The van der Waals surface area contributed by atoms with E-state index in [0.29, 0.717) is 16.6 Å². The Bertz CT molecular complexity index is 5610. The van der Waals surface area contributed by atoms with Crippen LogP contribution in [0.4, 0.5) is 11.4 Å². The topological polar surface area (TPSA) is 191 Å². The molecular weight excluding hydrogens is 1550 g/mol. The van der Waals surface area contributed by atoms with Gasteiger partial charge in [0.25, 0.3) is 0 Å². The molecule has 12 aromatic rings. The molecule has 17 nitrogen and oxygen atoms in total. The van der Waals surface area contributed by atoms with E-state index >= 15 is 0 Å². The highest BCUT2D eigenvalue weighted by Crippen LogP contribution is 2.45. The Morgan fingerprint density at radius 2 is 0.961 bits per heavy atom. The summed E-state index contributed by atoms with van der Waals surface area (Å²) in [7, 11) is 21.1. The second kappa shape index (κ2) is 34.7. The van der Waals surface area contributed by atoms with Gasteiger partial charge in [-0.25, -0.2) is 19.9 Å². The van der Waals surface area contributed by atoms with Gasteiger partial charge in [0.1, 0.15) is 51.1 Å². The molecule has 0 amide bonds. The van der Waals surface area contributed by atoms with Crippen LogP contribution in [0.1, 0.15) is 88.9 Å². The quantitative estimate of drug-likeness (QED) is 0.0961. The van der Waals surface area contributed by atoms with Crippen molar-refractivity contribution >= 4 is 221 Å². The molecular formula is C70H77BClN11O6S13. The standard InChI is InChI=1S/C31H30N6O2.C21H28BNO2.C17H15ClN4O2.CH4.S13/c1-17-28(18(2)39-36-17)24-15-25-23(16-27(24)38-4)29-30(33-19(3)34-31(29)35-25)22-9-10-26(37-13-11-32-12-14-37)21-8-6-5-7-20(21)22;1-20(2)21(3,4)25-22(24-20)18-12-13-19(23-14-8-5-9-15-23)17-11-7-6-10-16(17)18;1-7-14(8(2)24-22-7)11-5-12-10(6-13(11)23-4)15-16(18)19-9(3)20-17(15)21-12;;1-3-5-7-9-11-13-12-10-8-6-4-2/h5-10,15-16,32H,11-14H2,1-4H3,(H,33,34,35);6-7,10-13H,5,8-9,14-15H2,1-4H3;5-6H,1-4H3,(H,19,20,21);1H4;. The Labute approximate surface area is 640 Å². The number of rotatable bonds is 8. The van der Waals surface area contributed by atoms with E-state index in [0.717, 1.165) is 157 Å². The molecule has 102 heavy (non-hydrogen) atoms. The molecule has 3 N–H and O–H groups in total. The SMILES string of the molecule is C.CC1(C)OB(c2ccc(N3CCCCC3)c3ccccc23)OC1(C)C.COc1cc2c(cc1-c1c(C)noc1C)[nH]c1nc(C)nc(-c3ccc(N4CCNCC4)c4ccccc34)c12.COc1cc2c(cc1-c1c(C)noc1C)[nH]c1nc(C)nc(Cl)c12.S=S=S=S=S=S=S=S=S=S=S=S=S. The molecule has 9 heterocycles. The summed E-state index contributed by atoms with van der Waals surface area (Å²) in [5, 5.41) is 20.7. The lowest BCUT2D eigenvalue weighted by molar-refractivity contribution is 0.00578. The fraction of sp³-hybridized carbons (Fsp3) is 0.343. The van der Waals surface area contributed by atoms with E-state index in [9.17, 15) is 0 Å². The van der Waals surface area contributed by atoms with Gasteiger partial charge in [0.15, 0.2) is 0 Å². The maximum atomic E-state index is 6.33. The molecule has 0 radical (unpaired) electrons.